The summed E-state index contributed by atoms with van der Waals surface area (Å²) >= 11 is 0. The topological polar surface area (TPSA) is 54.0 Å². The summed E-state index contributed by atoms with van der Waals surface area (Å²) in [5.41, 5.74) is 0.397. The maximum Gasteiger partial charge on any atom is 0.338 e. The third-order valence-corrected chi connectivity index (χ3v) is 2.56. The molecule has 1 rings (SSSR count). The van der Waals surface area contributed by atoms with Gasteiger partial charge in [0, 0.05) is 17.7 Å². The summed E-state index contributed by atoms with van der Waals surface area (Å²) < 4.78 is 20.7. The van der Waals surface area contributed by atoms with E-state index in [1.807, 2.05) is 6.92 Å². The lowest BCUT2D eigenvalue weighted by molar-refractivity contribution is -0.130. The van der Waals surface area contributed by atoms with Crippen molar-refractivity contribution in [2.24, 2.45) is 0 Å². The quantitative estimate of drug-likeness (QED) is 0.450. The van der Waals surface area contributed by atoms with Crippen LogP contribution in [0.2, 0.25) is 0 Å². The molecule has 0 N–H and O–H groups in total. The average molecular weight is 266 g/mol. The minimum Gasteiger partial charge on any atom is -0.493 e. The van der Waals surface area contributed by atoms with Gasteiger partial charge in [-0.1, -0.05) is 13.5 Å². The molecule has 0 aliphatic carbocycles. The molecule has 0 heterocycles. The second kappa shape index (κ2) is 6.68. The molecule has 0 aromatic heterocycles. The molecule has 0 aliphatic rings. The van der Waals surface area contributed by atoms with Gasteiger partial charge in [-0.05, 0) is 6.42 Å². The van der Waals surface area contributed by atoms with Gasteiger partial charge >= 0.3 is 5.97 Å². The summed E-state index contributed by atoms with van der Waals surface area (Å²) in [6.07, 6.45) is 0.531. The number of carbonyl (C=O) groups excluding carboxylic acids is 1. The van der Waals surface area contributed by atoms with Crippen LogP contribution in [0.3, 0.4) is 0 Å². The summed E-state index contributed by atoms with van der Waals surface area (Å²) in [5, 5.41) is 0. The van der Waals surface area contributed by atoms with Crippen molar-refractivity contribution in [2.75, 3.05) is 21.3 Å². The predicted molar refractivity (Wildman–Crippen MR) is 71.2 cm³/mol. The van der Waals surface area contributed by atoms with Gasteiger partial charge in [0.05, 0.1) is 21.3 Å². The first-order valence-corrected chi connectivity index (χ1v) is 5.77. The Bertz CT molecular complexity index is 454. The molecule has 1 aromatic rings. The van der Waals surface area contributed by atoms with Gasteiger partial charge in [0.15, 0.2) is 11.5 Å². The molecule has 0 saturated heterocycles. The van der Waals surface area contributed by atoms with Gasteiger partial charge in [-0.15, -0.1) is 0 Å². The Kier molecular flexibility index (Phi) is 5.23. The first kappa shape index (κ1) is 14.9. The number of esters is 1. The van der Waals surface area contributed by atoms with E-state index in [-0.39, 0.29) is 0 Å². The number of carbonyl (C=O) groups is 1. The highest BCUT2D eigenvalue weighted by molar-refractivity contribution is 5.89. The largest absolute Gasteiger partial charge is 0.493 e. The Morgan fingerprint density at radius 2 is 1.63 bits per heavy atom. The minimum atomic E-state index is -0.475. The van der Waals surface area contributed by atoms with Crippen molar-refractivity contribution < 1.29 is 23.7 Å². The van der Waals surface area contributed by atoms with Gasteiger partial charge < -0.3 is 18.9 Å². The number of ether oxygens (including phenoxy) is 4. The zero-order valence-electron chi connectivity index (χ0n) is 11.6. The Labute approximate surface area is 112 Å². The minimum absolute atomic E-state index is 0.314. The summed E-state index contributed by atoms with van der Waals surface area (Å²) in [4.78, 5) is 11.7. The van der Waals surface area contributed by atoms with E-state index in [9.17, 15) is 4.79 Å². The Morgan fingerprint density at radius 1 is 1.11 bits per heavy atom. The van der Waals surface area contributed by atoms with Crippen molar-refractivity contribution >= 4 is 5.97 Å². The van der Waals surface area contributed by atoms with Crippen LogP contribution in [0, 0.1) is 0 Å². The molecule has 0 atom stereocenters. The fourth-order valence-corrected chi connectivity index (χ4v) is 1.44. The van der Waals surface area contributed by atoms with Crippen molar-refractivity contribution in [1.29, 1.82) is 0 Å². The highest BCUT2D eigenvalue weighted by Crippen LogP contribution is 2.40. The van der Waals surface area contributed by atoms with Crippen LogP contribution in [0.15, 0.2) is 24.3 Å². The maximum absolute atomic E-state index is 11.7. The van der Waals surface area contributed by atoms with Crippen LogP contribution in [0.25, 0.3) is 0 Å². The number of hydrogen-bond donors (Lipinski definition) is 0. The van der Waals surface area contributed by atoms with E-state index in [4.69, 9.17) is 18.9 Å². The second-order valence-corrected chi connectivity index (χ2v) is 3.71. The SMILES string of the molecule is C=C(CC)C(=O)Oc1cc(OC)c(OC)c(OC)c1. The summed E-state index contributed by atoms with van der Waals surface area (Å²) in [5.74, 6) is 1.13. The average Bonchev–Trinajstić information content (AvgIpc) is 2.44. The molecule has 0 radical (unpaired) electrons. The van der Waals surface area contributed by atoms with Crippen LogP contribution in [0.4, 0.5) is 0 Å². The fourth-order valence-electron chi connectivity index (χ4n) is 1.44. The van der Waals surface area contributed by atoms with Crippen LogP contribution in [0.5, 0.6) is 23.0 Å². The van der Waals surface area contributed by atoms with Gasteiger partial charge in [0.25, 0.3) is 0 Å². The molecule has 5 nitrogen and oxygen atoms in total. The molecule has 0 spiro atoms. The highest BCUT2D eigenvalue weighted by atomic mass is 16.5. The lowest BCUT2D eigenvalue weighted by Gasteiger charge is -2.14. The lowest BCUT2D eigenvalue weighted by atomic mass is 10.2. The predicted octanol–water partition coefficient (Wildman–Crippen LogP) is 2.58. The molecule has 0 unspecified atom stereocenters. The molecule has 1 aromatic carbocycles. The zero-order chi connectivity index (χ0) is 14.4. The third kappa shape index (κ3) is 3.40. The standard InChI is InChI=1S/C14H18O5/c1-6-9(2)14(15)19-10-7-11(16-3)13(18-5)12(8-10)17-4/h7-8H,2,6H2,1,3-5H3. The lowest BCUT2D eigenvalue weighted by Crippen LogP contribution is -2.10. The Balaban J connectivity index is 3.09. The van der Waals surface area contributed by atoms with E-state index >= 15 is 0 Å². The van der Waals surface area contributed by atoms with Crippen LogP contribution >= 0.6 is 0 Å². The fraction of sp³-hybridized carbons (Fsp3) is 0.357. The molecule has 0 aliphatic heterocycles. The maximum atomic E-state index is 11.7. The molecule has 0 amide bonds. The van der Waals surface area contributed by atoms with Crippen molar-refractivity contribution in [3.05, 3.63) is 24.3 Å². The van der Waals surface area contributed by atoms with Gasteiger partial charge in [-0.25, -0.2) is 4.79 Å². The third-order valence-electron chi connectivity index (χ3n) is 2.56. The number of rotatable bonds is 6. The Hall–Kier alpha value is -2.17. The van der Waals surface area contributed by atoms with Crippen molar-refractivity contribution in [3.8, 4) is 23.0 Å². The van der Waals surface area contributed by atoms with E-state index in [1.165, 1.54) is 21.3 Å². The Morgan fingerprint density at radius 3 is 2.00 bits per heavy atom. The van der Waals surface area contributed by atoms with E-state index < -0.39 is 5.97 Å². The van der Waals surface area contributed by atoms with Gasteiger partial charge in [0.1, 0.15) is 5.75 Å². The molecule has 5 heteroatoms. The van der Waals surface area contributed by atoms with Crippen LogP contribution in [-0.4, -0.2) is 27.3 Å². The molecule has 104 valence electrons. The summed E-state index contributed by atoms with van der Waals surface area (Å²) in [6.45, 7) is 5.46. The number of benzene rings is 1. The molecule has 0 fully saturated rings. The van der Waals surface area contributed by atoms with Gasteiger partial charge in [-0.3, -0.25) is 0 Å². The molecular weight excluding hydrogens is 248 g/mol. The van der Waals surface area contributed by atoms with Crippen LogP contribution < -0.4 is 18.9 Å². The number of hydrogen-bond acceptors (Lipinski definition) is 5. The molecule has 19 heavy (non-hydrogen) atoms. The number of methoxy groups -OCH3 is 3. The molecule has 0 saturated carbocycles. The first-order valence-electron chi connectivity index (χ1n) is 5.77. The normalized spacial score (nSPS) is 9.68. The van der Waals surface area contributed by atoms with Gasteiger partial charge in [0.2, 0.25) is 5.75 Å². The molecule has 0 bridgehead atoms. The van der Waals surface area contributed by atoms with E-state index in [1.54, 1.807) is 12.1 Å². The monoisotopic (exact) mass is 266 g/mol. The van der Waals surface area contributed by atoms with Crippen LogP contribution in [-0.2, 0) is 4.79 Å². The second-order valence-electron chi connectivity index (χ2n) is 3.71. The van der Waals surface area contributed by atoms with Crippen molar-refractivity contribution in [2.45, 2.75) is 13.3 Å². The zero-order valence-corrected chi connectivity index (χ0v) is 11.6. The van der Waals surface area contributed by atoms with Crippen LogP contribution in [0.1, 0.15) is 13.3 Å². The highest BCUT2D eigenvalue weighted by Gasteiger charge is 2.16. The van der Waals surface area contributed by atoms with Crippen molar-refractivity contribution in [1.82, 2.24) is 0 Å². The van der Waals surface area contributed by atoms with Gasteiger partial charge in [-0.2, -0.15) is 0 Å². The smallest absolute Gasteiger partial charge is 0.338 e. The summed E-state index contributed by atoms with van der Waals surface area (Å²) in [6, 6.07) is 3.12. The van der Waals surface area contributed by atoms with Crippen molar-refractivity contribution in [3.63, 3.8) is 0 Å². The molecular formula is C14H18O5. The van der Waals surface area contributed by atoms with E-state index in [2.05, 4.69) is 6.58 Å². The van der Waals surface area contributed by atoms with E-state index in [0.29, 0.717) is 35.0 Å². The first-order chi connectivity index (χ1) is 9.07. The van der Waals surface area contributed by atoms with E-state index in [0.717, 1.165) is 0 Å². The summed E-state index contributed by atoms with van der Waals surface area (Å²) in [7, 11) is 4.49.